The molecule has 0 radical (unpaired) electrons. The number of nitrogens with zero attached hydrogens (tertiary/aromatic N) is 4. The Morgan fingerprint density at radius 3 is 2.79 bits per heavy atom. The topological polar surface area (TPSA) is 92.9 Å². The van der Waals surface area contributed by atoms with Gasteiger partial charge in [-0.3, -0.25) is 4.68 Å². The van der Waals surface area contributed by atoms with Gasteiger partial charge in [0, 0.05) is 25.4 Å². The Labute approximate surface area is 110 Å². The monoisotopic (exact) mass is 261 g/mol. The van der Waals surface area contributed by atoms with Gasteiger partial charge in [0.25, 0.3) is 0 Å². The fraction of sp³-hybridized carbons (Fsp3) is 0.333. The molecule has 0 bridgehead atoms. The number of hydrogen-bond donors (Lipinski definition) is 2. The zero-order chi connectivity index (χ0) is 13.8. The quantitative estimate of drug-likeness (QED) is 0.836. The van der Waals surface area contributed by atoms with E-state index in [1.807, 2.05) is 20.2 Å². The van der Waals surface area contributed by atoms with Crippen molar-refractivity contribution >= 4 is 11.8 Å². The van der Waals surface area contributed by atoms with Gasteiger partial charge in [-0.25, -0.2) is 14.8 Å². The molecule has 2 N–H and O–H groups in total. The lowest BCUT2D eigenvalue weighted by Crippen LogP contribution is -2.06. The molecule has 0 amide bonds. The molecule has 0 aromatic carbocycles. The Kier molecular flexibility index (Phi) is 3.74. The highest BCUT2D eigenvalue weighted by Crippen LogP contribution is 2.10. The van der Waals surface area contributed by atoms with Gasteiger partial charge in [0.05, 0.1) is 18.1 Å². The molecule has 19 heavy (non-hydrogen) atoms. The normalized spacial score (nSPS) is 10.4. The van der Waals surface area contributed by atoms with Gasteiger partial charge < -0.3 is 10.4 Å². The Hall–Kier alpha value is -2.44. The zero-order valence-corrected chi connectivity index (χ0v) is 10.8. The summed E-state index contributed by atoms with van der Waals surface area (Å²) in [6, 6.07) is 0. The van der Waals surface area contributed by atoms with Gasteiger partial charge in [0.2, 0.25) is 0 Å². The Morgan fingerprint density at radius 1 is 1.42 bits per heavy atom. The van der Waals surface area contributed by atoms with Crippen molar-refractivity contribution in [1.29, 1.82) is 0 Å². The molecule has 100 valence electrons. The number of aromatic carboxylic acids is 1. The minimum Gasteiger partial charge on any atom is -0.476 e. The molecule has 2 rings (SSSR count). The number of hydrogen-bond acceptors (Lipinski definition) is 5. The van der Waals surface area contributed by atoms with Crippen molar-refractivity contribution in [2.75, 3.05) is 5.32 Å². The van der Waals surface area contributed by atoms with E-state index < -0.39 is 5.97 Å². The lowest BCUT2D eigenvalue weighted by molar-refractivity contribution is 0.0690. The van der Waals surface area contributed by atoms with Gasteiger partial charge in [-0.15, -0.1) is 0 Å². The molecule has 7 nitrogen and oxygen atoms in total. The van der Waals surface area contributed by atoms with E-state index in [1.54, 1.807) is 4.68 Å². The van der Waals surface area contributed by atoms with Crippen LogP contribution in [0.5, 0.6) is 0 Å². The molecule has 0 aliphatic rings. The summed E-state index contributed by atoms with van der Waals surface area (Å²) < 4.78 is 1.77. The summed E-state index contributed by atoms with van der Waals surface area (Å²) in [5.74, 6) is -0.546. The minimum absolute atomic E-state index is 0.0684. The Morgan fingerprint density at radius 2 is 2.21 bits per heavy atom. The zero-order valence-electron chi connectivity index (χ0n) is 10.8. The van der Waals surface area contributed by atoms with E-state index in [0.717, 1.165) is 17.7 Å². The third-order valence-electron chi connectivity index (χ3n) is 2.66. The summed E-state index contributed by atoms with van der Waals surface area (Å²) >= 11 is 0. The minimum atomic E-state index is -1.08. The van der Waals surface area contributed by atoms with E-state index in [2.05, 4.69) is 20.4 Å². The van der Waals surface area contributed by atoms with E-state index in [4.69, 9.17) is 5.11 Å². The molecule has 0 spiro atoms. The molecule has 0 unspecified atom stereocenters. The molecule has 0 fully saturated rings. The van der Waals surface area contributed by atoms with Gasteiger partial charge in [0.15, 0.2) is 5.69 Å². The van der Waals surface area contributed by atoms with E-state index in [-0.39, 0.29) is 5.69 Å². The fourth-order valence-corrected chi connectivity index (χ4v) is 1.74. The van der Waals surface area contributed by atoms with E-state index >= 15 is 0 Å². The molecule has 0 atom stereocenters. The molecule has 7 heteroatoms. The Balaban J connectivity index is 2.03. The number of anilines is 1. The predicted molar refractivity (Wildman–Crippen MR) is 68.9 cm³/mol. The number of nitrogens with one attached hydrogen (secondary N) is 1. The highest BCUT2D eigenvalue weighted by atomic mass is 16.4. The van der Waals surface area contributed by atoms with Crippen LogP contribution in [-0.2, 0) is 20.0 Å². The van der Waals surface area contributed by atoms with E-state index in [1.165, 1.54) is 12.4 Å². The molecule has 2 aromatic rings. The van der Waals surface area contributed by atoms with Gasteiger partial charge in [0.1, 0.15) is 5.82 Å². The molecule has 0 saturated heterocycles. The van der Waals surface area contributed by atoms with Crippen molar-refractivity contribution in [3.63, 3.8) is 0 Å². The number of aryl methyl sites for hydroxylation is 2. The SMILES string of the molecule is CCc1nn(C)cc1CNc1cnc(C(=O)O)cn1. The summed E-state index contributed by atoms with van der Waals surface area (Å²) in [6.45, 7) is 2.63. The molecule has 0 aliphatic carbocycles. The van der Waals surface area contributed by atoms with Crippen molar-refractivity contribution in [2.45, 2.75) is 19.9 Å². The standard InChI is InChI=1S/C12H15N5O2/c1-3-9-8(7-17(2)16-9)4-14-11-6-13-10(5-15-11)12(18)19/h5-7H,3-4H2,1-2H3,(H,14,15)(H,18,19). The summed E-state index contributed by atoms with van der Waals surface area (Å²) in [5, 5.41) is 16.2. The van der Waals surface area contributed by atoms with Crippen molar-refractivity contribution < 1.29 is 9.90 Å². The lowest BCUT2D eigenvalue weighted by Gasteiger charge is -2.04. The van der Waals surface area contributed by atoms with Crippen LogP contribution in [0, 0.1) is 0 Å². The first-order chi connectivity index (χ1) is 9.10. The third-order valence-corrected chi connectivity index (χ3v) is 2.66. The summed E-state index contributed by atoms with van der Waals surface area (Å²) in [7, 11) is 1.88. The first-order valence-corrected chi connectivity index (χ1v) is 5.90. The number of carboxylic acid groups (broad SMARTS) is 1. The summed E-state index contributed by atoms with van der Waals surface area (Å²) in [5.41, 5.74) is 2.06. The van der Waals surface area contributed by atoms with Gasteiger partial charge in [-0.05, 0) is 6.42 Å². The van der Waals surface area contributed by atoms with Crippen LogP contribution in [0.25, 0.3) is 0 Å². The Bertz CT molecular complexity index is 576. The number of rotatable bonds is 5. The predicted octanol–water partition coefficient (Wildman–Crippen LogP) is 1.08. The van der Waals surface area contributed by atoms with Crippen molar-refractivity contribution in [2.24, 2.45) is 7.05 Å². The highest BCUT2D eigenvalue weighted by molar-refractivity contribution is 5.84. The molecule has 0 saturated carbocycles. The van der Waals surface area contributed by atoms with Crippen LogP contribution >= 0.6 is 0 Å². The van der Waals surface area contributed by atoms with Crippen molar-refractivity contribution in [3.8, 4) is 0 Å². The average molecular weight is 261 g/mol. The number of aromatic nitrogens is 4. The first kappa shape index (κ1) is 13.0. The van der Waals surface area contributed by atoms with Crippen LogP contribution in [0.4, 0.5) is 5.82 Å². The molecular weight excluding hydrogens is 246 g/mol. The third kappa shape index (κ3) is 3.06. The molecular formula is C12H15N5O2. The summed E-state index contributed by atoms with van der Waals surface area (Å²) in [6.07, 6.45) is 5.45. The number of carbonyl (C=O) groups is 1. The largest absolute Gasteiger partial charge is 0.476 e. The highest BCUT2D eigenvalue weighted by Gasteiger charge is 2.07. The van der Waals surface area contributed by atoms with Crippen LogP contribution in [0.1, 0.15) is 28.7 Å². The van der Waals surface area contributed by atoms with Crippen LogP contribution in [0.2, 0.25) is 0 Å². The van der Waals surface area contributed by atoms with E-state index in [0.29, 0.717) is 12.4 Å². The van der Waals surface area contributed by atoms with Crippen LogP contribution in [-0.4, -0.2) is 30.8 Å². The first-order valence-electron chi connectivity index (χ1n) is 5.90. The fourth-order valence-electron chi connectivity index (χ4n) is 1.74. The van der Waals surface area contributed by atoms with Crippen LogP contribution in [0.3, 0.4) is 0 Å². The van der Waals surface area contributed by atoms with Crippen LogP contribution < -0.4 is 5.32 Å². The van der Waals surface area contributed by atoms with E-state index in [9.17, 15) is 4.79 Å². The van der Waals surface area contributed by atoms with Gasteiger partial charge in [-0.2, -0.15) is 5.10 Å². The second kappa shape index (κ2) is 5.47. The lowest BCUT2D eigenvalue weighted by atomic mass is 10.2. The molecule has 0 aliphatic heterocycles. The van der Waals surface area contributed by atoms with Crippen LogP contribution in [0.15, 0.2) is 18.6 Å². The maximum absolute atomic E-state index is 10.6. The van der Waals surface area contributed by atoms with Crippen molar-refractivity contribution in [3.05, 3.63) is 35.5 Å². The molecule has 2 aromatic heterocycles. The van der Waals surface area contributed by atoms with Gasteiger partial charge >= 0.3 is 5.97 Å². The smallest absolute Gasteiger partial charge is 0.356 e. The number of carboxylic acids is 1. The second-order valence-corrected chi connectivity index (χ2v) is 4.07. The van der Waals surface area contributed by atoms with Gasteiger partial charge in [-0.1, -0.05) is 6.92 Å². The maximum atomic E-state index is 10.6. The second-order valence-electron chi connectivity index (χ2n) is 4.07. The average Bonchev–Trinajstić information content (AvgIpc) is 2.77. The maximum Gasteiger partial charge on any atom is 0.356 e. The molecule has 2 heterocycles. The summed E-state index contributed by atoms with van der Waals surface area (Å²) in [4.78, 5) is 18.4. The van der Waals surface area contributed by atoms with Crippen molar-refractivity contribution in [1.82, 2.24) is 19.7 Å².